The van der Waals surface area contributed by atoms with Crippen molar-refractivity contribution in [3.8, 4) is 0 Å². The Morgan fingerprint density at radius 3 is 2.36 bits per heavy atom. The Labute approximate surface area is 86.4 Å². The lowest BCUT2D eigenvalue weighted by Gasteiger charge is -2.52. The standard InChI is InChI=1S/C12H21NO/c1-9(2)10-11(6-7-11)8-13-12(14-10)4-3-5-12/h9-10,13H,3-8H2,1-2H3. The minimum absolute atomic E-state index is 0.1000. The third-order valence-corrected chi connectivity index (χ3v) is 4.38. The molecule has 3 rings (SSSR count). The summed E-state index contributed by atoms with van der Waals surface area (Å²) in [7, 11) is 0. The van der Waals surface area contributed by atoms with Gasteiger partial charge in [0.1, 0.15) is 5.72 Å². The predicted molar refractivity (Wildman–Crippen MR) is 56.0 cm³/mol. The highest BCUT2D eigenvalue weighted by Gasteiger charge is 2.58. The van der Waals surface area contributed by atoms with Crippen LogP contribution in [0.25, 0.3) is 0 Å². The lowest BCUT2D eigenvalue weighted by atomic mass is 9.81. The van der Waals surface area contributed by atoms with E-state index >= 15 is 0 Å². The van der Waals surface area contributed by atoms with Crippen molar-refractivity contribution >= 4 is 0 Å². The molecule has 1 saturated heterocycles. The van der Waals surface area contributed by atoms with Crippen molar-refractivity contribution in [2.24, 2.45) is 11.3 Å². The summed E-state index contributed by atoms with van der Waals surface area (Å²) in [6, 6.07) is 0. The first-order chi connectivity index (χ1) is 6.66. The molecule has 0 aromatic carbocycles. The van der Waals surface area contributed by atoms with Gasteiger partial charge in [-0.1, -0.05) is 13.8 Å². The van der Waals surface area contributed by atoms with E-state index in [1.165, 1.54) is 38.6 Å². The monoisotopic (exact) mass is 195 g/mol. The molecule has 0 bridgehead atoms. The van der Waals surface area contributed by atoms with Crippen LogP contribution >= 0.6 is 0 Å². The Bertz CT molecular complexity index is 241. The predicted octanol–water partition coefficient (Wildman–Crippen LogP) is 2.29. The molecule has 1 N–H and O–H groups in total. The second kappa shape index (κ2) is 2.73. The van der Waals surface area contributed by atoms with Gasteiger partial charge in [-0.25, -0.2) is 0 Å². The van der Waals surface area contributed by atoms with Gasteiger partial charge in [0.25, 0.3) is 0 Å². The van der Waals surface area contributed by atoms with Crippen LogP contribution in [0.4, 0.5) is 0 Å². The van der Waals surface area contributed by atoms with Crippen molar-refractivity contribution in [2.75, 3.05) is 6.54 Å². The summed E-state index contributed by atoms with van der Waals surface area (Å²) in [4.78, 5) is 0. The maximum atomic E-state index is 6.34. The molecule has 3 fully saturated rings. The van der Waals surface area contributed by atoms with Crippen molar-refractivity contribution < 1.29 is 4.74 Å². The molecule has 2 nitrogen and oxygen atoms in total. The molecule has 0 aromatic rings. The molecule has 0 amide bonds. The number of nitrogens with one attached hydrogen (secondary N) is 1. The van der Waals surface area contributed by atoms with Gasteiger partial charge in [0.2, 0.25) is 0 Å². The largest absolute Gasteiger partial charge is 0.357 e. The van der Waals surface area contributed by atoms with Gasteiger partial charge >= 0.3 is 0 Å². The van der Waals surface area contributed by atoms with Gasteiger partial charge in [-0.3, -0.25) is 5.32 Å². The lowest BCUT2D eigenvalue weighted by Crippen LogP contribution is -2.63. The zero-order valence-corrected chi connectivity index (χ0v) is 9.31. The van der Waals surface area contributed by atoms with Gasteiger partial charge in [-0.05, 0) is 38.0 Å². The molecule has 2 saturated carbocycles. The van der Waals surface area contributed by atoms with Crippen LogP contribution in [-0.4, -0.2) is 18.4 Å². The molecule has 1 atom stereocenters. The van der Waals surface area contributed by atoms with E-state index in [1.807, 2.05) is 0 Å². The number of ether oxygens (including phenoxy) is 1. The number of hydrogen-bond donors (Lipinski definition) is 1. The summed E-state index contributed by atoms with van der Waals surface area (Å²) >= 11 is 0. The van der Waals surface area contributed by atoms with Crippen molar-refractivity contribution in [3.05, 3.63) is 0 Å². The van der Waals surface area contributed by atoms with E-state index in [4.69, 9.17) is 4.74 Å². The Morgan fingerprint density at radius 1 is 1.21 bits per heavy atom. The minimum Gasteiger partial charge on any atom is -0.357 e. The van der Waals surface area contributed by atoms with E-state index in [-0.39, 0.29) is 5.72 Å². The van der Waals surface area contributed by atoms with Gasteiger partial charge in [-0.15, -0.1) is 0 Å². The highest BCUT2D eigenvalue weighted by molar-refractivity contribution is 5.08. The highest BCUT2D eigenvalue weighted by atomic mass is 16.5. The van der Waals surface area contributed by atoms with Crippen LogP contribution in [0.15, 0.2) is 0 Å². The molecule has 80 valence electrons. The summed E-state index contributed by atoms with van der Waals surface area (Å²) in [6.45, 7) is 5.82. The molecule has 1 unspecified atom stereocenters. The first-order valence-corrected chi connectivity index (χ1v) is 6.09. The fraction of sp³-hybridized carbons (Fsp3) is 1.00. The van der Waals surface area contributed by atoms with E-state index < -0.39 is 0 Å². The van der Waals surface area contributed by atoms with Crippen molar-refractivity contribution in [3.63, 3.8) is 0 Å². The zero-order chi connectivity index (χ0) is 9.81. The Hall–Kier alpha value is -0.0800. The smallest absolute Gasteiger partial charge is 0.119 e. The lowest BCUT2D eigenvalue weighted by molar-refractivity contribution is -0.220. The first kappa shape index (κ1) is 9.17. The topological polar surface area (TPSA) is 21.3 Å². The molecule has 1 aliphatic heterocycles. The average Bonchev–Trinajstić information content (AvgIpc) is 2.83. The molecule has 14 heavy (non-hydrogen) atoms. The van der Waals surface area contributed by atoms with Crippen LogP contribution in [0, 0.1) is 11.3 Å². The van der Waals surface area contributed by atoms with Crippen LogP contribution in [-0.2, 0) is 4.74 Å². The van der Waals surface area contributed by atoms with Gasteiger partial charge in [0.15, 0.2) is 0 Å². The molecular formula is C12H21NO. The maximum Gasteiger partial charge on any atom is 0.119 e. The number of hydrogen-bond acceptors (Lipinski definition) is 2. The molecule has 2 aliphatic carbocycles. The molecule has 2 heteroatoms. The maximum absolute atomic E-state index is 6.34. The van der Waals surface area contributed by atoms with Crippen molar-refractivity contribution in [1.82, 2.24) is 5.32 Å². The van der Waals surface area contributed by atoms with Gasteiger partial charge < -0.3 is 4.74 Å². The van der Waals surface area contributed by atoms with Gasteiger partial charge in [-0.2, -0.15) is 0 Å². The molecular weight excluding hydrogens is 174 g/mol. The van der Waals surface area contributed by atoms with E-state index in [1.54, 1.807) is 0 Å². The van der Waals surface area contributed by atoms with Crippen LogP contribution in [0.3, 0.4) is 0 Å². The summed E-state index contributed by atoms with van der Waals surface area (Å²) < 4.78 is 6.34. The number of rotatable bonds is 1. The van der Waals surface area contributed by atoms with E-state index in [9.17, 15) is 0 Å². The fourth-order valence-corrected chi connectivity index (χ4v) is 3.10. The van der Waals surface area contributed by atoms with E-state index in [0.29, 0.717) is 17.4 Å². The minimum atomic E-state index is 0.1000. The van der Waals surface area contributed by atoms with Crippen LogP contribution in [0.5, 0.6) is 0 Å². The highest BCUT2D eigenvalue weighted by Crippen LogP contribution is 2.56. The average molecular weight is 195 g/mol. The molecule has 3 aliphatic rings. The quantitative estimate of drug-likeness (QED) is 0.693. The van der Waals surface area contributed by atoms with Crippen molar-refractivity contribution in [1.29, 1.82) is 0 Å². The van der Waals surface area contributed by atoms with Crippen LogP contribution < -0.4 is 5.32 Å². The van der Waals surface area contributed by atoms with Gasteiger partial charge in [0, 0.05) is 12.0 Å². The van der Waals surface area contributed by atoms with Gasteiger partial charge in [0.05, 0.1) is 6.10 Å². The summed E-state index contributed by atoms with van der Waals surface area (Å²) in [5.74, 6) is 0.678. The second-order valence-electron chi connectivity index (χ2n) is 5.85. The third kappa shape index (κ3) is 1.17. The molecule has 0 radical (unpaired) electrons. The first-order valence-electron chi connectivity index (χ1n) is 6.09. The van der Waals surface area contributed by atoms with E-state index in [2.05, 4.69) is 19.2 Å². The summed E-state index contributed by atoms with van der Waals surface area (Å²) in [5, 5.41) is 3.65. The normalized spacial score (nSPS) is 37.5. The Kier molecular flexibility index (Phi) is 1.79. The second-order valence-corrected chi connectivity index (χ2v) is 5.85. The molecule has 1 heterocycles. The van der Waals surface area contributed by atoms with E-state index in [0.717, 1.165) is 0 Å². The molecule has 2 spiro atoms. The third-order valence-electron chi connectivity index (χ3n) is 4.38. The zero-order valence-electron chi connectivity index (χ0n) is 9.31. The van der Waals surface area contributed by atoms with Crippen LogP contribution in [0.1, 0.15) is 46.0 Å². The summed E-state index contributed by atoms with van der Waals surface area (Å²) in [6.07, 6.45) is 7.06. The fourth-order valence-electron chi connectivity index (χ4n) is 3.10. The van der Waals surface area contributed by atoms with Crippen molar-refractivity contribution in [2.45, 2.75) is 57.8 Å². The molecule has 0 aromatic heterocycles. The Morgan fingerprint density at radius 2 is 1.93 bits per heavy atom. The van der Waals surface area contributed by atoms with Crippen LogP contribution in [0.2, 0.25) is 0 Å². The SMILES string of the molecule is CC(C)C1OC2(CCC2)NCC12CC2. The Balaban J connectivity index is 1.77. The summed E-state index contributed by atoms with van der Waals surface area (Å²) in [5.41, 5.74) is 0.623.